The van der Waals surface area contributed by atoms with E-state index in [9.17, 15) is 18.4 Å². The molecule has 3 rings (SSSR count). The molecule has 3 fully saturated rings. The Bertz CT molecular complexity index is 430. The van der Waals surface area contributed by atoms with Gasteiger partial charge in [0.05, 0.1) is 5.92 Å². The van der Waals surface area contributed by atoms with Gasteiger partial charge < -0.3 is 9.47 Å². The van der Waals surface area contributed by atoms with Crippen LogP contribution in [-0.2, 0) is 19.1 Å². The molecule has 4 nitrogen and oxygen atoms in total. The Labute approximate surface area is 103 Å². The molecule has 18 heavy (non-hydrogen) atoms. The van der Waals surface area contributed by atoms with Crippen molar-refractivity contribution in [3.8, 4) is 0 Å². The van der Waals surface area contributed by atoms with Crippen LogP contribution < -0.4 is 0 Å². The molecule has 5 atom stereocenters. The van der Waals surface area contributed by atoms with Gasteiger partial charge in [-0.3, -0.25) is 4.79 Å². The number of fused-ring (bicyclic) bond motifs is 1. The lowest BCUT2D eigenvalue weighted by molar-refractivity contribution is -0.187. The monoisotopic (exact) mass is 260 g/mol. The van der Waals surface area contributed by atoms with Gasteiger partial charge in [-0.25, -0.2) is 4.79 Å². The van der Waals surface area contributed by atoms with Gasteiger partial charge in [0, 0.05) is 18.3 Å². The summed E-state index contributed by atoms with van der Waals surface area (Å²) in [6, 6.07) is 0. The molecule has 5 unspecified atom stereocenters. The number of esters is 2. The van der Waals surface area contributed by atoms with Crippen molar-refractivity contribution in [2.75, 3.05) is 0 Å². The van der Waals surface area contributed by atoms with Crippen molar-refractivity contribution >= 4 is 11.9 Å². The lowest BCUT2D eigenvalue weighted by atomic mass is 9.79. The summed E-state index contributed by atoms with van der Waals surface area (Å²) < 4.78 is 35.8. The van der Waals surface area contributed by atoms with Crippen molar-refractivity contribution in [2.24, 2.45) is 17.3 Å². The topological polar surface area (TPSA) is 52.6 Å². The van der Waals surface area contributed by atoms with Gasteiger partial charge in [0.1, 0.15) is 12.2 Å². The van der Waals surface area contributed by atoms with Crippen molar-refractivity contribution in [3.05, 3.63) is 0 Å². The largest absolute Gasteiger partial charge is 0.458 e. The summed E-state index contributed by atoms with van der Waals surface area (Å²) in [5.74, 6) is -5.46. The van der Waals surface area contributed by atoms with Gasteiger partial charge in [-0.05, 0) is 12.8 Å². The fourth-order valence-electron chi connectivity index (χ4n) is 3.67. The number of carbonyl (C=O) groups excluding carboxylic acids is 2. The van der Waals surface area contributed by atoms with E-state index in [1.54, 1.807) is 0 Å². The van der Waals surface area contributed by atoms with Crippen LogP contribution in [0.2, 0.25) is 0 Å². The fourth-order valence-corrected chi connectivity index (χ4v) is 3.67. The number of hydrogen-bond donors (Lipinski definition) is 0. The normalized spacial score (nSPS) is 45.2. The first kappa shape index (κ1) is 11.9. The highest BCUT2D eigenvalue weighted by Crippen LogP contribution is 2.62. The van der Waals surface area contributed by atoms with E-state index in [-0.39, 0.29) is 17.8 Å². The van der Waals surface area contributed by atoms with Gasteiger partial charge in [-0.2, -0.15) is 8.78 Å². The van der Waals surface area contributed by atoms with Crippen LogP contribution in [-0.4, -0.2) is 30.1 Å². The Kier molecular flexibility index (Phi) is 2.12. The average Bonchev–Trinajstić information content (AvgIpc) is 2.76. The molecule has 6 heteroatoms. The van der Waals surface area contributed by atoms with E-state index in [4.69, 9.17) is 9.47 Å². The van der Waals surface area contributed by atoms with E-state index >= 15 is 0 Å². The first-order valence-corrected chi connectivity index (χ1v) is 6.02. The second-order valence-corrected chi connectivity index (χ2v) is 5.95. The van der Waals surface area contributed by atoms with Gasteiger partial charge >= 0.3 is 17.9 Å². The highest BCUT2D eigenvalue weighted by Gasteiger charge is 2.69. The van der Waals surface area contributed by atoms with Gasteiger partial charge in [-0.15, -0.1) is 0 Å². The molecular formula is C12H14F2O4. The zero-order valence-electron chi connectivity index (χ0n) is 10.1. The molecule has 0 aromatic heterocycles. The number of carbonyl (C=O) groups is 2. The second kappa shape index (κ2) is 3.22. The number of hydrogen-bond acceptors (Lipinski definition) is 4. The predicted molar refractivity (Wildman–Crippen MR) is 54.7 cm³/mol. The van der Waals surface area contributed by atoms with Gasteiger partial charge in [0.15, 0.2) is 0 Å². The first-order valence-electron chi connectivity index (χ1n) is 6.02. The molecule has 2 aliphatic carbocycles. The first-order chi connectivity index (χ1) is 8.22. The molecule has 1 saturated heterocycles. The molecule has 1 aliphatic heterocycles. The summed E-state index contributed by atoms with van der Waals surface area (Å²) in [7, 11) is 0. The Morgan fingerprint density at radius 2 is 2.17 bits per heavy atom. The second-order valence-electron chi connectivity index (χ2n) is 5.95. The van der Waals surface area contributed by atoms with Gasteiger partial charge in [-0.1, -0.05) is 6.92 Å². The Balaban J connectivity index is 1.83. The van der Waals surface area contributed by atoms with Crippen LogP contribution in [0.25, 0.3) is 0 Å². The van der Waals surface area contributed by atoms with Crippen LogP contribution in [0, 0.1) is 17.3 Å². The molecular weight excluding hydrogens is 246 g/mol. The maximum absolute atomic E-state index is 12.9. The highest BCUT2D eigenvalue weighted by molar-refractivity contribution is 5.79. The average molecular weight is 260 g/mol. The molecule has 100 valence electrons. The maximum Gasteiger partial charge on any atom is 0.377 e. The quantitative estimate of drug-likeness (QED) is 0.706. The molecule has 0 spiro atoms. The molecule has 0 aromatic carbocycles. The van der Waals surface area contributed by atoms with Crippen molar-refractivity contribution in [1.82, 2.24) is 0 Å². The van der Waals surface area contributed by atoms with E-state index in [1.165, 1.54) is 0 Å². The van der Waals surface area contributed by atoms with E-state index < -0.39 is 29.5 Å². The molecule has 2 bridgehead atoms. The van der Waals surface area contributed by atoms with Crippen LogP contribution in [0.15, 0.2) is 0 Å². The highest BCUT2D eigenvalue weighted by atomic mass is 19.3. The zero-order valence-corrected chi connectivity index (χ0v) is 10.1. The summed E-state index contributed by atoms with van der Waals surface area (Å²) in [6.45, 7) is 2.38. The van der Waals surface area contributed by atoms with Crippen LogP contribution in [0.1, 0.15) is 26.7 Å². The van der Waals surface area contributed by atoms with Crippen molar-refractivity contribution < 1.29 is 27.8 Å². The van der Waals surface area contributed by atoms with Crippen LogP contribution in [0.4, 0.5) is 8.78 Å². The smallest absolute Gasteiger partial charge is 0.377 e. The van der Waals surface area contributed by atoms with Crippen LogP contribution in [0.3, 0.4) is 0 Å². The van der Waals surface area contributed by atoms with E-state index in [0.717, 1.165) is 0 Å². The van der Waals surface area contributed by atoms with Crippen LogP contribution >= 0.6 is 0 Å². The minimum absolute atomic E-state index is 0.0192. The summed E-state index contributed by atoms with van der Waals surface area (Å²) in [6.07, 6.45) is -0.0160. The van der Waals surface area contributed by atoms with Gasteiger partial charge in [0.25, 0.3) is 0 Å². The van der Waals surface area contributed by atoms with Crippen molar-refractivity contribution in [2.45, 2.75) is 44.8 Å². The third kappa shape index (κ3) is 1.40. The molecule has 1 heterocycles. The summed E-state index contributed by atoms with van der Waals surface area (Å²) in [5, 5.41) is 0. The zero-order chi connectivity index (χ0) is 13.3. The number of halogens is 2. The molecule has 0 aromatic rings. The SMILES string of the molecule is CC(F)(F)C(=O)OC1C2OC(=O)C3CC1(C)CC32. The maximum atomic E-state index is 12.9. The Hall–Kier alpha value is -1.20. The molecule has 2 saturated carbocycles. The Morgan fingerprint density at radius 1 is 1.50 bits per heavy atom. The molecule has 0 N–H and O–H groups in total. The van der Waals surface area contributed by atoms with E-state index in [0.29, 0.717) is 19.8 Å². The number of alkyl halides is 2. The number of rotatable bonds is 2. The van der Waals surface area contributed by atoms with Gasteiger partial charge in [0.2, 0.25) is 0 Å². The van der Waals surface area contributed by atoms with E-state index in [1.807, 2.05) is 6.92 Å². The summed E-state index contributed by atoms with van der Waals surface area (Å²) in [4.78, 5) is 22.8. The van der Waals surface area contributed by atoms with Crippen molar-refractivity contribution in [1.29, 1.82) is 0 Å². The summed E-state index contributed by atoms with van der Waals surface area (Å²) >= 11 is 0. The Morgan fingerprint density at radius 3 is 2.78 bits per heavy atom. The van der Waals surface area contributed by atoms with E-state index in [2.05, 4.69) is 0 Å². The predicted octanol–water partition coefficient (Wildman–Crippen LogP) is 1.52. The van der Waals surface area contributed by atoms with Crippen molar-refractivity contribution in [3.63, 3.8) is 0 Å². The lowest BCUT2D eigenvalue weighted by Gasteiger charge is -2.33. The standard InChI is InChI=1S/C12H14F2O4/c1-11-3-5-6(4-11)9(15)17-7(5)8(11)18-10(16)12(2,13)14/h5-8H,3-4H2,1-2H3. The minimum atomic E-state index is -3.51. The van der Waals surface area contributed by atoms with Crippen LogP contribution in [0.5, 0.6) is 0 Å². The molecule has 3 aliphatic rings. The third-order valence-electron chi connectivity index (χ3n) is 4.46. The third-order valence-corrected chi connectivity index (χ3v) is 4.46. The molecule has 0 radical (unpaired) electrons. The molecule has 0 amide bonds. The number of ether oxygens (including phenoxy) is 2. The minimum Gasteiger partial charge on any atom is -0.458 e. The summed E-state index contributed by atoms with van der Waals surface area (Å²) in [5.41, 5.74) is -0.410. The fraction of sp³-hybridized carbons (Fsp3) is 0.833. The lowest BCUT2D eigenvalue weighted by Crippen LogP contribution is -2.44.